The molecule has 2 aromatic carbocycles. The van der Waals surface area contributed by atoms with E-state index in [1.54, 1.807) is 42.5 Å². The van der Waals surface area contributed by atoms with Crippen molar-refractivity contribution in [2.75, 3.05) is 31.6 Å². The molecule has 30 heavy (non-hydrogen) atoms. The molecule has 4 rings (SSSR count). The van der Waals surface area contributed by atoms with E-state index in [-0.39, 0.29) is 24.9 Å². The van der Waals surface area contributed by atoms with Crippen LogP contribution in [-0.4, -0.2) is 71.3 Å². The molecule has 0 spiro atoms. The predicted octanol–water partition coefficient (Wildman–Crippen LogP) is 1.40. The number of nitrogens with zero attached hydrogens (tertiary/aromatic N) is 3. The smallest absolute Gasteiger partial charge is 0.261 e. The van der Waals surface area contributed by atoms with Gasteiger partial charge >= 0.3 is 0 Å². The van der Waals surface area contributed by atoms with Gasteiger partial charge in [0.15, 0.2) is 0 Å². The molecule has 0 aliphatic carbocycles. The summed E-state index contributed by atoms with van der Waals surface area (Å²) >= 11 is 0. The van der Waals surface area contributed by atoms with Gasteiger partial charge in [0.1, 0.15) is 0 Å². The van der Waals surface area contributed by atoms with Crippen LogP contribution >= 0.6 is 0 Å². The van der Waals surface area contributed by atoms with Gasteiger partial charge in [0.05, 0.1) is 34.9 Å². The second-order valence-electron chi connectivity index (χ2n) is 7.36. The Morgan fingerprint density at radius 1 is 0.867 bits per heavy atom. The fraction of sp³-hybridized carbons (Fsp3) is 0.273. The minimum absolute atomic E-state index is 0.131. The van der Waals surface area contributed by atoms with Crippen molar-refractivity contribution in [2.45, 2.75) is 13.0 Å². The fourth-order valence-electron chi connectivity index (χ4n) is 3.89. The first-order chi connectivity index (χ1) is 14.3. The van der Waals surface area contributed by atoms with Crippen molar-refractivity contribution in [2.24, 2.45) is 0 Å². The van der Waals surface area contributed by atoms with Crippen LogP contribution in [0.4, 0.5) is 5.69 Å². The van der Waals surface area contributed by atoms with Crippen molar-refractivity contribution < 1.29 is 24.3 Å². The molecule has 1 N–H and O–H groups in total. The Morgan fingerprint density at radius 3 is 2.03 bits per heavy atom. The minimum Gasteiger partial charge on any atom is -0.389 e. The van der Waals surface area contributed by atoms with E-state index in [2.05, 4.69) is 0 Å². The summed E-state index contributed by atoms with van der Waals surface area (Å²) in [5.41, 5.74) is 2.04. The molecule has 1 atom stereocenters. The van der Waals surface area contributed by atoms with Crippen LogP contribution < -0.4 is 4.90 Å². The zero-order valence-electron chi connectivity index (χ0n) is 16.7. The molecule has 8 heteroatoms. The van der Waals surface area contributed by atoms with Crippen LogP contribution in [0.15, 0.2) is 42.5 Å². The molecule has 0 fully saturated rings. The number of rotatable bonds is 6. The second kappa shape index (κ2) is 7.38. The maximum Gasteiger partial charge on any atom is 0.261 e. The van der Waals surface area contributed by atoms with Crippen molar-refractivity contribution in [3.05, 3.63) is 64.7 Å². The average molecular weight is 407 g/mol. The van der Waals surface area contributed by atoms with E-state index < -0.39 is 17.9 Å². The first-order valence-corrected chi connectivity index (χ1v) is 9.68. The average Bonchev–Trinajstić information content (AvgIpc) is 3.12. The number of carbonyl (C=O) groups excluding carboxylic acids is 4. The van der Waals surface area contributed by atoms with Gasteiger partial charge in [-0.05, 0) is 37.3 Å². The van der Waals surface area contributed by atoms with Gasteiger partial charge < -0.3 is 10.0 Å². The molecule has 2 heterocycles. The molecule has 2 aromatic rings. The Morgan fingerprint density at radius 2 is 1.43 bits per heavy atom. The molecule has 2 aliphatic heterocycles. The lowest BCUT2D eigenvalue weighted by atomic mass is 10.1. The highest BCUT2D eigenvalue weighted by Gasteiger charge is 2.37. The van der Waals surface area contributed by atoms with E-state index in [4.69, 9.17) is 0 Å². The van der Waals surface area contributed by atoms with Gasteiger partial charge in [-0.3, -0.25) is 29.0 Å². The topological polar surface area (TPSA) is 98.2 Å². The molecule has 1 unspecified atom stereocenters. The van der Waals surface area contributed by atoms with Gasteiger partial charge in [0, 0.05) is 25.8 Å². The maximum absolute atomic E-state index is 12.5. The van der Waals surface area contributed by atoms with E-state index in [9.17, 15) is 24.3 Å². The number of imide groups is 2. The first kappa shape index (κ1) is 19.8. The summed E-state index contributed by atoms with van der Waals surface area (Å²) in [5, 5.41) is 10.6. The third-order valence-corrected chi connectivity index (χ3v) is 5.52. The summed E-state index contributed by atoms with van der Waals surface area (Å²) in [7, 11) is 1.44. The molecule has 2 aliphatic rings. The van der Waals surface area contributed by atoms with E-state index in [1.807, 2.05) is 11.8 Å². The lowest BCUT2D eigenvalue weighted by Gasteiger charge is -2.28. The number of hydrogen-bond acceptors (Lipinski definition) is 6. The molecule has 0 saturated heterocycles. The van der Waals surface area contributed by atoms with Crippen molar-refractivity contribution in [1.82, 2.24) is 9.80 Å². The zero-order chi connectivity index (χ0) is 21.6. The summed E-state index contributed by atoms with van der Waals surface area (Å²) in [6.45, 7) is 2.44. The monoisotopic (exact) mass is 407 g/mol. The molecule has 0 saturated carbocycles. The van der Waals surface area contributed by atoms with Crippen LogP contribution in [0.5, 0.6) is 0 Å². The van der Waals surface area contributed by atoms with Crippen LogP contribution in [0.25, 0.3) is 0 Å². The molecule has 0 bridgehead atoms. The molecule has 0 radical (unpaired) electrons. The van der Waals surface area contributed by atoms with Crippen LogP contribution in [0.3, 0.4) is 0 Å². The lowest BCUT2D eigenvalue weighted by molar-refractivity contribution is 0.0550. The summed E-state index contributed by atoms with van der Waals surface area (Å²) in [6.07, 6.45) is -0.986. The number of fused-ring (bicyclic) bond motifs is 2. The van der Waals surface area contributed by atoms with Gasteiger partial charge in [-0.2, -0.15) is 0 Å². The third kappa shape index (κ3) is 3.05. The first-order valence-electron chi connectivity index (χ1n) is 9.68. The zero-order valence-corrected chi connectivity index (χ0v) is 16.7. The number of anilines is 1. The largest absolute Gasteiger partial charge is 0.389 e. The number of hydrogen-bond donors (Lipinski definition) is 1. The highest BCUT2D eigenvalue weighted by Crippen LogP contribution is 2.27. The molecule has 8 nitrogen and oxygen atoms in total. The number of carbonyl (C=O) groups is 4. The Hall–Kier alpha value is -3.52. The van der Waals surface area contributed by atoms with E-state index in [0.717, 1.165) is 9.80 Å². The number of amides is 4. The highest BCUT2D eigenvalue weighted by atomic mass is 16.3. The van der Waals surface area contributed by atoms with E-state index in [0.29, 0.717) is 34.5 Å². The van der Waals surface area contributed by atoms with Crippen LogP contribution in [0, 0.1) is 0 Å². The Bertz CT molecular complexity index is 1050. The predicted molar refractivity (Wildman–Crippen MR) is 109 cm³/mol. The number of β-amino-alcohol motifs (C(OH)–C–C–N with tert-alkyl or cyclic N) is 1. The number of likely N-dealkylation sites (N-methyl/N-ethyl adjacent to an activating group) is 1. The standard InChI is InChI=1S/C22H21N3O5/c1-3-24(13-8-9-17-18(10-13)20(28)23(2)19(17)27)11-14(26)12-25-21(29)15-6-4-5-7-16(15)22(25)30/h4-10,14,26H,3,11-12H2,1-2H3. The van der Waals surface area contributed by atoms with E-state index in [1.165, 1.54) is 7.05 Å². The number of benzene rings is 2. The normalized spacial score (nSPS) is 16.2. The molecular formula is C22H21N3O5. The van der Waals surface area contributed by atoms with Gasteiger partial charge in [-0.25, -0.2) is 0 Å². The van der Waals surface area contributed by atoms with Crippen LogP contribution in [0.1, 0.15) is 48.4 Å². The van der Waals surface area contributed by atoms with Gasteiger partial charge in [-0.15, -0.1) is 0 Å². The van der Waals surface area contributed by atoms with Crippen molar-refractivity contribution in [1.29, 1.82) is 0 Å². The Kier molecular flexibility index (Phi) is 4.87. The SMILES string of the molecule is CCN(CC(O)CN1C(=O)c2ccccc2C1=O)c1ccc2c(c1)C(=O)N(C)C2=O. The Balaban J connectivity index is 1.49. The second-order valence-corrected chi connectivity index (χ2v) is 7.36. The fourth-order valence-corrected chi connectivity index (χ4v) is 3.89. The summed E-state index contributed by atoms with van der Waals surface area (Å²) < 4.78 is 0. The maximum atomic E-state index is 12.5. The number of aliphatic hydroxyl groups excluding tert-OH is 1. The van der Waals surface area contributed by atoms with E-state index >= 15 is 0 Å². The molecule has 4 amide bonds. The minimum atomic E-state index is -0.986. The van der Waals surface area contributed by atoms with Gasteiger partial charge in [-0.1, -0.05) is 12.1 Å². The molecule has 154 valence electrons. The van der Waals surface area contributed by atoms with Gasteiger partial charge in [0.25, 0.3) is 23.6 Å². The molecular weight excluding hydrogens is 386 g/mol. The van der Waals surface area contributed by atoms with Crippen LogP contribution in [0.2, 0.25) is 0 Å². The van der Waals surface area contributed by atoms with Crippen molar-refractivity contribution >= 4 is 29.3 Å². The highest BCUT2D eigenvalue weighted by molar-refractivity contribution is 6.22. The summed E-state index contributed by atoms with van der Waals surface area (Å²) in [6, 6.07) is 11.5. The quantitative estimate of drug-likeness (QED) is 0.727. The van der Waals surface area contributed by atoms with Crippen LogP contribution in [-0.2, 0) is 0 Å². The van der Waals surface area contributed by atoms with Gasteiger partial charge in [0.2, 0.25) is 0 Å². The summed E-state index contributed by atoms with van der Waals surface area (Å²) in [4.78, 5) is 53.3. The Labute approximate surface area is 173 Å². The van der Waals surface area contributed by atoms with Crippen molar-refractivity contribution in [3.8, 4) is 0 Å². The summed E-state index contributed by atoms with van der Waals surface area (Å²) in [5.74, 6) is -1.53. The molecule has 0 aromatic heterocycles. The third-order valence-electron chi connectivity index (χ3n) is 5.52. The lowest BCUT2D eigenvalue weighted by Crippen LogP contribution is -2.42. The van der Waals surface area contributed by atoms with Crippen molar-refractivity contribution in [3.63, 3.8) is 0 Å². The number of aliphatic hydroxyl groups is 1.